The number of benzene rings is 2. The van der Waals surface area contributed by atoms with Crippen LogP contribution >= 0.6 is 0 Å². The highest BCUT2D eigenvalue weighted by Gasteiger charge is 2.00. The van der Waals surface area contributed by atoms with Crippen LogP contribution in [0.2, 0.25) is 0 Å². The van der Waals surface area contributed by atoms with Crippen molar-refractivity contribution in [2.45, 2.75) is 26.3 Å². The summed E-state index contributed by atoms with van der Waals surface area (Å²) in [6.07, 6.45) is 1.20. The number of fused-ring (bicyclic) bond motifs is 1. The van der Waals surface area contributed by atoms with E-state index in [0.29, 0.717) is 19.3 Å². The van der Waals surface area contributed by atoms with E-state index >= 15 is 0 Å². The Bertz CT molecular complexity index is 541. The van der Waals surface area contributed by atoms with Gasteiger partial charge in [-0.3, -0.25) is 0 Å². The number of ether oxygens (including phenoxy) is 2. The van der Waals surface area contributed by atoms with E-state index in [4.69, 9.17) is 9.47 Å². The summed E-state index contributed by atoms with van der Waals surface area (Å²) in [7, 11) is 0. The average Bonchev–Trinajstić information content (AvgIpc) is 2.53. The van der Waals surface area contributed by atoms with Gasteiger partial charge in [-0.25, -0.2) is 0 Å². The smallest absolute Gasteiger partial charge is 0.120 e. The van der Waals surface area contributed by atoms with E-state index < -0.39 is 0 Å². The lowest BCUT2D eigenvalue weighted by Gasteiger charge is -2.09. The maximum Gasteiger partial charge on any atom is 0.120 e. The second-order valence-corrected chi connectivity index (χ2v) is 5.38. The molecular formula is C18H26NO2+. The van der Waals surface area contributed by atoms with Gasteiger partial charge in [0.1, 0.15) is 12.4 Å². The van der Waals surface area contributed by atoms with Gasteiger partial charge in [-0.2, -0.15) is 0 Å². The number of hydrogen-bond acceptors (Lipinski definition) is 2. The van der Waals surface area contributed by atoms with Crippen LogP contribution in [0, 0.1) is 0 Å². The largest absolute Gasteiger partial charge is 0.491 e. The van der Waals surface area contributed by atoms with Crippen molar-refractivity contribution in [3.63, 3.8) is 0 Å². The summed E-state index contributed by atoms with van der Waals surface area (Å²) in [4.78, 5) is 0. The zero-order valence-electron chi connectivity index (χ0n) is 13.0. The van der Waals surface area contributed by atoms with Gasteiger partial charge in [0.25, 0.3) is 0 Å². The molecule has 3 heteroatoms. The fourth-order valence-corrected chi connectivity index (χ4v) is 2.18. The first kappa shape index (κ1) is 15.8. The summed E-state index contributed by atoms with van der Waals surface area (Å²) in [6, 6.07) is 15.2. The van der Waals surface area contributed by atoms with Crippen molar-refractivity contribution in [3.05, 3.63) is 42.5 Å². The predicted octanol–water partition coefficient (Wildman–Crippen LogP) is 2.60. The lowest BCUT2D eigenvalue weighted by Crippen LogP contribution is -2.90. The highest BCUT2D eigenvalue weighted by atomic mass is 16.5. The molecule has 0 fully saturated rings. The number of rotatable bonds is 9. The van der Waals surface area contributed by atoms with Crippen molar-refractivity contribution in [1.29, 1.82) is 0 Å². The van der Waals surface area contributed by atoms with E-state index in [-0.39, 0.29) is 0 Å². The number of quaternary nitrogens is 1. The van der Waals surface area contributed by atoms with E-state index in [1.807, 2.05) is 18.2 Å². The molecule has 2 rings (SSSR count). The Hall–Kier alpha value is -1.58. The van der Waals surface area contributed by atoms with Gasteiger partial charge >= 0.3 is 0 Å². The fourth-order valence-electron chi connectivity index (χ4n) is 2.18. The van der Waals surface area contributed by atoms with Gasteiger partial charge in [-0.05, 0) is 36.2 Å². The molecule has 0 aromatic heterocycles. The van der Waals surface area contributed by atoms with Crippen LogP contribution in [0.25, 0.3) is 10.8 Å². The third-order valence-corrected chi connectivity index (χ3v) is 3.69. The Kier molecular flexibility index (Phi) is 6.51. The first-order valence-corrected chi connectivity index (χ1v) is 7.82. The summed E-state index contributed by atoms with van der Waals surface area (Å²) < 4.78 is 11.3. The van der Waals surface area contributed by atoms with Crippen LogP contribution in [0.1, 0.15) is 20.3 Å². The molecule has 1 atom stereocenters. The van der Waals surface area contributed by atoms with Gasteiger partial charge in [-0.15, -0.1) is 0 Å². The minimum Gasteiger partial charge on any atom is -0.491 e. The summed E-state index contributed by atoms with van der Waals surface area (Å²) in [5, 5.41) is 4.77. The van der Waals surface area contributed by atoms with Crippen LogP contribution in [0.5, 0.6) is 5.75 Å². The maximum atomic E-state index is 5.73. The molecule has 21 heavy (non-hydrogen) atoms. The molecular weight excluding hydrogens is 262 g/mol. The fraction of sp³-hybridized carbons (Fsp3) is 0.444. The van der Waals surface area contributed by atoms with Gasteiger partial charge in [0.15, 0.2) is 0 Å². The summed E-state index contributed by atoms with van der Waals surface area (Å²) in [6.45, 7) is 7.49. The van der Waals surface area contributed by atoms with Gasteiger partial charge < -0.3 is 14.8 Å². The standard InChI is InChI=1S/C18H25NO2/c1-3-15(2)19-10-11-20-12-13-21-18-9-8-16-6-4-5-7-17(16)14-18/h4-9,14-15,19H,3,10-13H2,1-2H3/p+1/t15-/m1/s1. The first-order chi connectivity index (χ1) is 10.3. The second kappa shape index (κ2) is 8.65. The Morgan fingerprint density at radius 1 is 1.00 bits per heavy atom. The number of hydrogen-bond donors (Lipinski definition) is 1. The normalized spacial score (nSPS) is 12.5. The van der Waals surface area contributed by atoms with Crippen LogP contribution in [0.4, 0.5) is 0 Å². The topological polar surface area (TPSA) is 35.1 Å². The molecule has 0 heterocycles. The second-order valence-electron chi connectivity index (χ2n) is 5.38. The molecule has 0 saturated carbocycles. The van der Waals surface area contributed by atoms with Crippen LogP contribution in [0.3, 0.4) is 0 Å². The van der Waals surface area contributed by atoms with Gasteiger partial charge in [0.05, 0.1) is 25.8 Å². The van der Waals surface area contributed by atoms with Crippen LogP contribution in [-0.2, 0) is 4.74 Å². The van der Waals surface area contributed by atoms with Gasteiger partial charge in [0.2, 0.25) is 0 Å². The molecule has 0 amide bonds. The first-order valence-electron chi connectivity index (χ1n) is 7.82. The van der Waals surface area contributed by atoms with E-state index in [9.17, 15) is 0 Å². The monoisotopic (exact) mass is 288 g/mol. The van der Waals surface area contributed by atoms with E-state index in [1.54, 1.807) is 0 Å². The molecule has 0 unspecified atom stereocenters. The minimum absolute atomic E-state index is 0.599. The van der Waals surface area contributed by atoms with Gasteiger partial charge in [-0.1, -0.05) is 37.3 Å². The molecule has 0 bridgehead atoms. The van der Waals surface area contributed by atoms with Crippen molar-refractivity contribution in [3.8, 4) is 5.75 Å². The summed E-state index contributed by atoms with van der Waals surface area (Å²) >= 11 is 0. The molecule has 0 saturated heterocycles. The molecule has 0 aliphatic rings. The molecule has 0 spiro atoms. The van der Waals surface area contributed by atoms with E-state index in [2.05, 4.69) is 43.4 Å². The van der Waals surface area contributed by atoms with Crippen molar-refractivity contribution < 1.29 is 14.8 Å². The lowest BCUT2D eigenvalue weighted by molar-refractivity contribution is -0.687. The lowest BCUT2D eigenvalue weighted by atomic mass is 10.1. The highest BCUT2D eigenvalue weighted by Crippen LogP contribution is 2.20. The third-order valence-electron chi connectivity index (χ3n) is 3.69. The molecule has 114 valence electrons. The summed E-state index contributed by atoms with van der Waals surface area (Å²) in [5.41, 5.74) is 0. The Balaban J connectivity index is 1.64. The molecule has 0 aliphatic carbocycles. The van der Waals surface area contributed by atoms with E-state index in [0.717, 1.165) is 18.9 Å². The van der Waals surface area contributed by atoms with Crippen molar-refractivity contribution in [2.75, 3.05) is 26.4 Å². The minimum atomic E-state index is 0.599. The van der Waals surface area contributed by atoms with Crippen molar-refractivity contribution >= 4 is 10.8 Å². The molecule has 3 nitrogen and oxygen atoms in total. The zero-order chi connectivity index (χ0) is 14.9. The summed E-state index contributed by atoms with van der Waals surface area (Å²) in [5.74, 6) is 0.906. The Labute approximate surface area is 127 Å². The van der Waals surface area contributed by atoms with E-state index in [1.165, 1.54) is 17.2 Å². The Morgan fingerprint density at radius 2 is 1.81 bits per heavy atom. The highest BCUT2D eigenvalue weighted by molar-refractivity contribution is 5.83. The SMILES string of the molecule is CC[C@@H](C)[NH2+]CCOCCOc1ccc2ccccc2c1. The molecule has 0 aliphatic heterocycles. The van der Waals surface area contributed by atoms with Crippen molar-refractivity contribution in [1.82, 2.24) is 0 Å². The third kappa shape index (κ3) is 5.37. The van der Waals surface area contributed by atoms with Crippen LogP contribution in [-0.4, -0.2) is 32.4 Å². The predicted molar refractivity (Wildman–Crippen MR) is 86.8 cm³/mol. The quantitative estimate of drug-likeness (QED) is 0.720. The average molecular weight is 288 g/mol. The van der Waals surface area contributed by atoms with Gasteiger partial charge in [0, 0.05) is 0 Å². The zero-order valence-corrected chi connectivity index (χ0v) is 13.0. The Morgan fingerprint density at radius 3 is 2.62 bits per heavy atom. The van der Waals surface area contributed by atoms with Crippen molar-refractivity contribution in [2.24, 2.45) is 0 Å². The molecule has 2 aromatic carbocycles. The number of nitrogens with two attached hydrogens (primary N) is 1. The maximum absolute atomic E-state index is 5.73. The molecule has 2 N–H and O–H groups in total. The van der Waals surface area contributed by atoms with Crippen LogP contribution in [0.15, 0.2) is 42.5 Å². The van der Waals surface area contributed by atoms with Crippen LogP contribution < -0.4 is 10.1 Å². The molecule has 2 aromatic rings. The molecule has 0 radical (unpaired) electrons.